The molecule has 1 saturated heterocycles. The van der Waals surface area contributed by atoms with Crippen LogP contribution in [0.5, 0.6) is 0 Å². The predicted molar refractivity (Wildman–Crippen MR) is 67.1 cm³/mol. The summed E-state index contributed by atoms with van der Waals surface area (Å²) in [6.07, 6.45) is 3.94. The third-order valence-corrected chi connectivity index (χ3v) is 3.34. The van der Waals surface area contributed by atoms with Gasteiger partial charge in [-0.05, 0) is 49.5 Å². The van der Waals surface area contributed by atoms with E-state index in [0.717, 1.165) is 32.5 Å². The van der Waals surface area contributed by atoms with Gasteiger partial charge in [-0.25, -0.2) is 10.8 Å². The summed E-state index contributed by atoms with van der Waals surface area (Å²) in [7, 11) is 0. The van der Waals surface area contributed by atoms with Gasteiger partial charge >= 0.3 is 0 Å². The van der Waals surface area contributed by atoms with Gasteiger partial charge in [0.25, 0.3) is 0 Å². The van der Waals surface area contributed by atoms with Gasteiger partial charge < -0.3 is 10.5 Å². The summed E-state index contributed by atoms with van der Waals surface area (Å²) in [4.78, 5) is 6.49. The lowest BCUT2D eigenvalue weighted by Crippen LogP contribution is -2.34. The van der Waals surface area contributed by atoms with E-state index in [1.54, 1.807) is 6.20 Å². The second kappa shape index (κ2) is 5.95. The Hall–Kier alpha value is -1.17. The van der Waals surface area contributed by atoms with Gasteiger partial charge in [0.2, 0.25) is 0 Å². The number of hydrogen-bond donors (Lipinski definition) is 3. The van der Waals surface area contributed by atoms with E-state index in [1.807, 2.05) is 12.1 Å². The second-order valence-corrected chi connectivity index (χ2v) is 4.60. The fourth-order valence-electron chi connectivity index (χ4n) is 2.24. The number of nitrogens with one attached hydrogen (secondary N) is 1. The van der Waals surface area contributed by atoms with Crippen molar-refractivity contribution in [2.75, 3.05) is 25.1 Å². The normalized spacial score (nSPS) is 18.2. The van der Waals surface area contributed by atoms with Gasteiger partial charge in [0.05, 0.1) is 0 Å². The fraction of sp³-hybridized carbons (Fsp3) is 0.583. The smallest absolute Gasteiger partial charge is 0.140 e. The highest BCUT2D eigenvalue weighted by molar-refractivity contribution is 5.35. The summed E-state index contributed by atoms with van der Waals surface area (Å²) in [6.45, 7) is 3.36. The fourth-order valence-corrected chi connectivity index (χ4v) is 2.24. The number of rotatable bonds is 4. The number of hydrazine groups is 1. The van der Waals surface area contributed by atoms with Gasteiger partial charge in [-0.3, -0.25) is 4.90 Å². The molecule has 94 valence electrons. The van der Waals surface area contributed by atoms with Crippen LogP contribution in [0, 0.1) is 5.92 Å². The Morgan fingerprint density at radius 3 is 2.88 bits per heavy atom. The van der Waals surface area contributed by atoms with E-state index in [0.29, 0.717) is 18.3 Å². The summed E-state index contributed by atoms with van der Waals surface area (Å²) in [5, 5.41) is 9.09. The lowest BCUT2D eigenvalue weighted by atomic mass is 9.97. The van der Waals surface area contributed by atoms with Crippen molar-refractivity contribution in [3.05, 3.63) is 23.9 Å². The summed E-state index contributed by atoms with van der Waals surface area (Å²) >= 11 is 0. The molecule has 0 spiro atoms. The van der Waals surface area contributed by atoms with Gasteiger partial charge in [-0.1, -0.05) is 0 Å². The molecule has 1 aliphatic heterocycles. The molecule has 5 nitrogen and oxygen atoms in total. The van der Waals surface area contributed by atoms with Gasteiger partial charge in [-0.2, -0.15) is 0 Å². The van der Waals surface area contributed by atoms with Crippen LogP contribution in [0.2, 0.25) is 0 Å². The molecular formula is C12H20N4O. The number of likely N-dealkylation sites (tertiary alicyclic amines) is 1. The maximum Gasteiger partial charge on any atom is 0.140 e. The SMILES string of the molecule is NNc1cc(CN2CCC(CO)CC2)ccn1. The monoisotopic (exact) mass is 236 g/mol. The first-order valence-corrected chi connectivity index (χ1v) is 6.06. The van der Waals surface area contributed by atoms with Crippen molar-refractivity contribution in [2.24, 2.45) is 11.8 Å². The first kappa shape index (κ1) is 12.3. The molecule has 1 aromatic heterocycles. The number of aliphatic hydroxyl groups excluding tert-OH is 1. The maximum atomic E-state index is 9.09. The highest BCUT2D eigenvalue weighted by Crippen LogP contribution is 2.18. The van der Waals surface area contributed by atoms with Crippen molar-refractivity contribution in [1.29, 1.82) is 0 Å². The van der Waals surface area contributed by atoms with E-state index in [1.165, 1.54) is 5.56 Å². The molecule has 1 fully saturated rings. The topological polar surface area (TPSA) is 74.4 Å². The summed E-state index contributed by atoms with van der Waals surface area (Å²) in [5.74, 6) is 6.53. The molecule has 0 bridgehead atoms. The van der Waals surface area contributed by atoms with E-state index in [2.05, 4.69) is 15.3 Å². The van der Waals surface area contributed by atoms with E-state index >= 15 is 0 Å². The minimum absolute atomic E-state index is 0.324. The largest absolute Gasteiger partial charge is 0.396 e. The lowest BCUT2D eigenvalue weighted by molar-refractivity contribution is 0.127. The molecule has 0 unspecified atom stereocenters. The molecule has 0 saturated carbocycles. The third kappa shape index (κ3) is 3.39. The predicted octanol–water partition coefficient (Wildman–Crippen LogP) is 0.571. The van der Waals surface area contributed by atoms with Crippen molar-refractivity contribution < 1.29 is 5.11 Å². The van der Waals surface area contributed by atoms with Crippen LogP contribution in [0.15, 0.2) is 18.3 Å². The standard InChI is InChI=1S/C12H20N4O/c13-15-12-7-11(1-4-14-12)8-16-5-2-10(9-17)3-6-16/h1,4,7,10,17H,2-3,5-6,8-9,13H2,(H,14,15). The molecular weight excluding hydrogens is 216 g/mol. The number of hydrogen-bond acceptors (Lipinski definition) is 5. The zero-order valence-electron chi connectivity index (χ0n) is 9.97. The number of nitrogen functional groups attached to an aromatic ring is 1. The van der Waals surface area contributed by atoms with Crippen LogP contribution in [0.4, 0.5) is 5.82 Å². The van der Waals surface area contributed by atoms with Crippen LogP contribution in [0.3, 0.4) is 0 Å². The van der Waals surface area contributed by atoms with Crippen LogP contribution in [-0.2, 0) is 6.54 Å². The van der Waals surface area contributed by atoms with Crippen LogP contribution in [0.1, 0.15) is 18.4 Å². The van der Waals surface area contributed by atoms with E-state index in [9.17, 15) is 0 Å². The Morgan fingerprint density at radius 1 is 1.47 bits per heavy atom. The van der Waals surface area contributed by atoms with E-state index in [-0.39, 0.29) is 0 Å². The molecule has 5 heteroatoms. The van der Waals surface area contributed by atoms with Gasteiger partial charge in [0.15, 0.2) is 0 Å². The van der Waals surface area contributed by atoms with E-state index < -0.39 is 0 Å². The Kier molecular flexibility index (Phi) is 4.30. The molecule has 0 aromatic carbocycles. The summed E-state index contributed by atoms with van der Waals surface area (Å²) in [5.41, 5.74) is 3.78. The second-order valence-electron chi connectivity index (χ2n) is 4.60. The van der Waals surface area contributed by atoms with Crippen LogP contribution in [0.25, 0.3) is 0 Å². The number of aliphatic hydroxyl groups is 1. The van der Waals surface area contributed by atoms with Crippen LogP contribution < -0.4 is 11.3 Å². The zero-order valence-corrected chi connectivity index (χ0v) is 9.97. The third-order valence-electron chi connectivity index (χ3n) is 3.34. The average molecular weight is 236 g/mol. The van der Waals surface area contributed by atoms with Gasteiger partial charge in [0.1, 0.15) is 5.82 Å². The number of nitrogens with two attached hydrogens (primary N) is 1. The molecule has 2 rings (SSSR count). The molecule has 0 radical (unpaired) electrons. The first-order chi connectivity index (χ1) is 8.31. The maximum absolute atomic E-state index is 9.09. The van der Waals surface area contributed by atoms with Crippen molar-refractivity contribution in [2.45, 2.75) is 19.4 Å². The highest BCUT2D eigenvalue weighted by Gasteiger charge is 2.18. The number of nitrogens with zero attached hydrogens (tertiary/aromatic N) is 2. The van der Waals surface area contributed by atoms with Crippen LogP contribution >= 0.6 is 0 Å². The minimum atomic E-state index is 0.324. The Balaban J connectivity index is 1.88. The van der Waals surface area contributed by atoms with Crippen molar-refractivity contribution in [1.82, 2.24) is 9.88 Å². The summed E-state index contributed by atoms with van der Waals surface area (Å²) in [6, 6.07) is 3.98. The first-order valence-electron chi connectivity index (χ1n) is 6.06. The number of aromatic nitrogens is 1. The number of piperidine rings is 1. The molecule has 0 amide bonds. The Morgan fingerprint density at radius 2 is 2.24 bits per heavy atom. The molecule has 0 aliphatic carbocycles. The van der Waals surface area contributed by atoms with E-state index in [4.69, 9.17) is 10.9 Å². The molecule has 17 heavy (non-hydrogen) atoms. The van der Waals surface area contributed by atoms with Crippen molar-refractivity contribution in [3.63, 3.8) is 0 Å². The van der Waals surface area contributed by atoms with Gasteiger partial charge in [-0.15, -0.1) is 0 Å². The quantitative estimate of drug-likeness (QED) is 0.526. The lowest BCUT2D eigenvalue weighted by Gasteiger charge is -2.31. The Bertz CT molecular complexity index is 350. The zero-order chi connectivity index (χ0) is 12.1. The van der Waals surface area contributed by atoms with Crippen molar-refractivity contribution in [3.8, 4) is 0 Å². The number of anilines is 1. The highest BCUT2D eigenvalue weighted by atomic mass is 16.3. The molecule has 1 aliphatic rings. The number of pyridine rings is 1. The molecule has 2 heterocycles. The Labute approximate surface area is 102 Å². The summed E-state index contributed by atoms with van der Waals surface area (Å²) < 4.78 is 0. The van der Waals surface area contributed by atoms with Crippen molar-refractivity contribution >= 4 is 5.82 Å². The molecule has 0 atom stereocenters. The average Bonchev–Trinajstić information content (AvgIpc) is 2.40. The molecule has 4 N–H and O–H groups in total. The molecule has 1 aromatic rings. The minimum Gasteiger partial charge on any atom is -0.396 e. The van der Waals surface area contributed by atoms with Crippen LogP contribution in [-0.4, -0.2) is 34.7 Å². The van der Waals surface area contributed by atoms with Gasteiger partial charge in [0, 0.05) is 19.3 Å².